The zero-order valence-electron chi connectivity index (χ0n) is 23.9. The lowest BCUT2D eigenvalue weighted by molar-refractivity contribution is -0.131. The summed E-state index contributed by atoms with van der Waals surface area (Å²) in [6, 6.07) is 7.22. The highest BCUT2D eigenvalue weighted by molar-refractivity contribution is 5.70. The fourth-order valence-corrected chi connectivity index (χ4v) is 4.88. The Bertz CT molecular complexity index is 1390. The molecule has 3 aromatic rings. The Morgan fingerprint density at radius 2 is 1.71 bits per heavy atom. The molecule has 0 aliphatic carbocycles. The number of ether oxygens (including phenoxy) is 1. The number of halogens is 3. The quantitative estimate of drug-likeness (QED) is 0.403. The van der Waals surface area contributed by atoms with E-state index in [0.29, 0.717) is 16.7 Å². The average Bonchev–Trinajstić information content (AvgIpc) is 3.36. The molecule has 1 aliphatic rings. The van der Waals surface area contributed by atoms with Crippen LogP contribution in [0.4, 0.5) is 18.0 Å². The lowest BCUT2D eigenvalue weighted by Gasteiger charge is -2.56. The molecule has 1 saturated heterocycles. The molecule has 1 atom stereocenters. The van der Waals surface area contributed by atoms with Crippen molar-refractivity contribution in [3.63, 3.8) is 0 Å². The van der Waals surface area contributed by atoms with E-state index in [1.54, 1.807) is 47.6 Å². The average molecular weight is 577 g/mol. The van der Waals surface area contributed by atoms with E-state index in [1.807, 2.05) is 0 Å². The SMILES string of the molecule is CC(C)(C)OC(=O)N1CC(C)([C@](O)(c2ccc(CC(F)(F)F)cc2)c2cncc(-c3nc(C(C)(C)CO)no3)c2)C1. The number of aliphatic hydroxyl groups excluding tert-OH is 1. The van der Waals surface area contributed by atoms with Crippen LogP contribution in [-0.4, -0.2) is 67.8 Å². The van der Waals surface area contributed by atoms with E-state index in [2.05, 4.69) is 15.1 Å². The summed E-state index contributed by atoms with van der Waals surface area (Å²) < 4.78 is 49.9. The summed E-state index contributed by atoms with van der Waals surface area (Å²) in [4.78, 5) is 22.9. The second-order valence-electron chi connectivity index (χ2n) is 12.5. The Labute approximate surface area is 236 Å². The Morgan fingerprint density at radius 1 is 1.07 bits per heavy atom. The molecule has 4 rings (SSSR count). The highest BCUT2D eigenvalue weighted by atomic mass is 19.4. The smallest absolute Gasteiger partial charge is 0.410 e. The Balaban J connectivity index is 1.75. The van der Waals surface area contributed by atoms with E-state index in [1.165, 1.54) is 41.6 Å². The third kappa shape index (κ3) is 6.23. The molecule has 0 spiro atoms. The fourth-order valence-electron chi connectivity index (χ4n) is 4.88. The van der Waals surface area contributed by atoms with Crippen molar-refractivity contribution in [1.29, 1.82) is 0 Å². The second kappa shape index (κ2) is 10.4. The largest absolute Gasteiger partial charge is 0.444 e. The van der Waals surface area contributed by atoms with Gasteiger partial charge in [0.15, 0.2) is 5.82 Å². The lowest BCUT2D eigenvalue weighted by Crippen LogP contribution is -2.66. The van der Waals surface area contributed by atoms with E-state index in [9.17, 15) is 28.2 Å². The van der Waals surface area contributed by atoms with Gasteiger partial charge in [0, 0.05) is 36.5 Å². The molecule has 12 heteroatoms. The van der Waals surface area contributed by atoms with E-state index in [4.69, 9.17) is 9.26 Å². The van der Waals surface area contributed by atoms with E-state index in [-0.39, 0.29) is 37.0 Å². The molecule has 2 N–H and O–H groups in total. The van der Waals surface area contributed by atoms with Gasteiger partial charge in [0.2, 0.25) is 0 Å². The third-order valence-corrected chi connectivity index (χ3v) is 7.21. The van der Waals surface area contributed by atoms with Crippen molar-refractivity contribution in [1.82, 2.24) is 20.0 Å². The molecule has 1 aliphatic heterocycles. The first-order valence-electron chi connectivity index (χ1n) is 13.1. The van der Waals surface area contributed by atoms with E-state index in [0.717, 1.165) is 0 Å². The van der Waals surface area contributed by atoms with Crippen molar-refractivity contribution in [3.05, 3.63) is 65.2 Å². The molecule has 3 heterocycles. The molecule has 1 amide bonds. The first kappa shape index (κ1) is 30.4. The Morgan fingerprint density at radius 3 is 2.27 bits per heavy atom. The number of carbonyl (C=O) groups is 1. The number of nitrogens with zero attached hydrogens (tertiary/aromatic N) is 4. The normalized spacial score (nSPS) is 17.1. The van der Waals surface area contributed by atoms with Crippen LogP contribution in [0.2, 0.25) is 0 Å². The number of benzene rings is 1. The van der Waals surface area contributed by atoms with Crippen molar-refractivity contribution >= 4 is 6.09 Å². The van der Waals surface area contributed by atoms with Gasteiger partial charge in [0.05, 0.1) is 24.0 Å². The van der Waals surface area contributed by atoms with Crippen LogP contribution in [0.15, 0.2) is 47.2 Å². The number of likely N-dealkylation sites (tertiary alicyclic amines) is 1. The van der Waals surface area contributed by atoms with Crippen molar-refractivity contribution in [2.45, 2.75) is 70.8 Å². The van der Waals surface area contributed by atoms with Gasteiger partial charge in [0.25, 0.3) is 5.89 Å². The monoisotopic (exact) mass is 576 g/mol. The summed E-state index contributed by atoms with van der Waals surface area (Å²) in [6.07, 6.45) is -3.07. The number of rotatable bonds is 7. The highest BCUT2D eigenvalue weighted by Crippen LogP contribution is 2.51. The molecule has 0 bridgehead atoms. The minimum Gasteiger partial charge on any atom is -0.444 e. The lowest BCUT2D eigenvalue weighted by atomic mass is 9.62. The molecule has 222 valence electrons. The van der Waals surface area contributed by atoms with E-state index >= 15 is 0 Å². The molecular formula is C29H35F3N4O5. The van der Waals surface area contributed by atoms with Gasteiger partial charge in [-0.25, -0.2) is 4.79 Å². The minimum absolute atomic E-state index is 0.0505. The maximum absolute atomic E-state index is 13.0. The summed E-state index contributed by atoms with van der Waals surface area (Å²) >= 11 is 0. The number of amides is 1. The predicted octanol–water partition coefficient (Wildman–Crippen LogP) is 5.00. The molecule has 0 unspecified atom stereocenters. The molecular weight excluding hydrogens is 541 g/mol. The van der Waals surface area contributed by atoms with Crippen LogP contribution in [0.5, 0.6) is 0 Å². The van der Waals surface area contributed by atoms with Gasteiger partial charge in [0.1, 0.15) is 11.2 Å². The molecule has 1 fully saturated rings. The number of alkyl halides is 3. The number of aliphatic hydroxyl groups is 2. The molecule has 0 saturated carbocycles. The van der Waals surface area contributed by atoms with Crippen LogP contribution in [0.1, 0.15) is 64.1 Å². The highest BCUT2D eigenvalue weighted by Gasteiger charge is 2.58. The van der Waals surface area contributed by atoms with Crippen LogP contribution in [0.3, 0.4) is 0 Å². The van der Waals surface area contributed by atoms with Crippen LogP contribution in [0, 0.1) is 5.41 Å². The predicted molar refractivity (Wildman–Crippen MR) is 143 cm³/mol. The van der Waals surface area contributed by atoms with Gasteiger partial charge in [-0.3, -0.25) is 4.98 Å². The topological polar surface area (TPSA) is 122 Å². The summed E-state index contributed by atoms with van der Waals surface area (Å²) in [5, 5.41) is 26.1. The first-order chi connectivity index (χ1) is 18.9. The van der Waals surface area contributed by atoms with Gasteiger partial charge in [-0.2, -0.15) is 18.2 Å². The number of carbonyl (C=O) groups excluding carboxylic acids is 1. The minimum atomic E-state index is -4.38. The summed E-state index contributed by atoms with van der Waals surface area (Å²) in [5.74, 6) is 0.405. The van der Waals surface area contributed by atoms with Crippen LogP contribution in [-0.2, 0) is 22.2 Å². The Kier molecular flexibility index (Phi) is 7.72. The number of aromatic nitrogens is 3. The van der Waals surface area contributed by atoms with Crippen LogP contribution in [0.25, 0.3) is 11.5 Å². The van der Waals surface area contributed by atoms with E-state index < -0.39 is 40.7 Å². The zero-order valence-corrected chi connectivity index (χ0v) is 23.9. The van der Waals surface area contributed by atoms with Crippen molar-refractivity contribution in [2.24, 2.45) is 5.41 Å². The van der Waals surface area contributed by atoms with Gasteiger partial charge in [-0.1, -0.05) is 50.2 Å². The molecule has 0 radical (unpaired) electrons. The van der Waals surface area contributed by atoms with Gasteiger partial charge in [-0.15, -0.1) is 0 Å². The second-order valence-corrected chi connectivity index (χ2v) is 12.5. The summed E-state index contributed by atoms with van der Waals surface area (Å²) in [6.45, 7) is 10.6. The molecule has 9 nitrogen and oxygen atoms in total. The van der Waals surface area contributed by atoms with Crippen molar-refractivity contribution < 1.29 is 37.4 Å². The van der Waals surface area contributed by atoms with Crippen LogP contribution >= 0.6 is 0 Å². The van der Waals surface area contributed by atoms with Crippen molar-refractivity contribution in [3.8, 4) is 11.5 Å². The van der Waals surface area contributed by atoms with Gasteiger partial charge < -0.3 is 24.4 Å². The maximum Gasteiger partial charge on any atom is 0.410 e. The maximum atomic E-state index is 13.0. The summed E-state index contributed by atoms with van der Waals surface area (Å²) in [7, 11) is 0. The molecule has 41 heavy (non-hydrogen) atoms. The first-order valence-corrected chi connectivity index (χ1v) is 13.1. The third-order valence-electron chi connectivity index (χ3n) is 7.21. The van der Waals surface area contributed by atoms with Gasteiger partial charge >= 0.3 is 12.3 Å². The summed E-state index contributed by atoms with van der Waals surface area (Å²) in [5.41, 5.74) is -3.10. The number of hydrogen-bond donors (Lipinski definition) is 2. The standard InChI is InChI=1S/C29H35F3N4O5/c1-25(2,3)40-24(38)36-15-27(6,16-36)29(39,20-9-7-18(8-10-20)12-28(30,31)32)21-11-19(13-33-14-21)22-34-23(35-41-22)26(4,5)17-37/h7-11,13-14,37,39H,12,15-17H2,1-6H3/t29-/m0/s1. The van der Waals surface area contributed by atoms with Gasteiger partial charge in [-0.05, 0) is 38.0 Å². The molecule has 2 aromatic heterocycles. The van der Waals surface area contributed by atoms with Crippen LogP contribution < -0.4 is 0 Å². The zero-order chi connectivity index (χ0) is 30.4. The Hall–Kier alpha value is -3.51. The number of hydrogen-bond acceptors (Lipinski definition) is 8. The van der Waals surface area contributed by atoms with Crippen molar-refractivity contribution in [2.75, 3.05) is 19.7 Å². The molecule has 1 aromatic carbocycles. The number of pyridine rings is 1. The fraction of sp³-hybridized carbons (Fsp3) is 0.517.